The van der Waals surface area contributed by atoms with Crippen molar-refractivity contribution < 1.29 is 22.7 Å². The molecule has 0 N–H and O–H groups in total. The highest BCUT2D eigenvalue weighted by molar-refractivity contribution is 5.76. The summed E-state index contributed by atoms with van der Waals surface area (Å²) in [5.74, 6) is -1.71. The van der Waals surface area contributed by atoms with Gasteiger partial charge in [0.2, 0.25) is 0 Å². The monoisotopic (exact) mass is 284 g/mol. The van der Waals surface area contributed by atoms with Gasteiger partial charge in [0.1, 0.15) is 5.60 Å². The Balaban J connectivity index is 1.96. The average Bonchev–Trinajstić information content (AvgIpc) is 2.99. The molecule has 2 saturated carbocycles. The number of ether oxygens (including phenoxy) is 1. The van der Waals surface area contributed by atoms with Crippen molar-refractivity contribution in [3.05, 3.63) is 35.9 Å². The number of carbonyl (C=O) groups is 1. The SMILES string of the molecule is O=C(O[C@@]1(c2ccccc2)C[C@H]2CC[C@@H]1C2)C(F)(F)F. The molecule has 2 nitrogen and oxygen atoms in total. The molecule has 0 aromatic heterocycles. The molecule has 1 aromatic carbocycles. The van der Waals surface area contributed by atoms with Crippen molar-refractivity contribution in [2.24, 2.45) is 11.8 Å². The van der Waals surface area contributed by atoms with Crippen molar-refractivity contribution in [2.45, 2.75) is 37.5 Å². The van der Waals surface area contributed by atoms with Gasteiger partial charge in [-0.1, -0.05) is 30.3 Å². The molecule has 0 saturated heterocycles. The maximum Gasteiger partial charge on any atom is 0.490 e. The summed E-state index contributed by atoms with van der Waals surface area (Å²) in [6, 6.07) is 8.85. The summed E-state index contributed by atoms with van der Waals surface area (Å²) >= 11 is 0. The van der Waals surface area contributed by atoms with E-state index in [9.17, 15) is 18.0 Å². The van der Waals surface area contributed by atoms with Gasteiger partial charge >= 0.3 is 12.1 Å². The van der Waals surface area contributed by atoms with Gasteiger partial charge in [-0.3, -0.25) is 0 Å². The van der Waals surface area contributed by atoms with E-state index in [1.54, 1.807) is 30.3 Å². The lowest BCUT2D eigenvalue weighted by atomic mass is 9.78. The molecule has 3 atom stereocenters. The van der Waals surface area contributed by atoms with Crippen molar-refractivity contribution in [2.75, 3.05) is 0 Å². The third-order valence-electron chi connectivity index (χ3n) is 4.56. The summed E-state index contributed by atoms with van der Waals surface area (Å²) < 4.78 is 42.7. The lowest BCUT2D eigenvalue weighted by Gasteiger charge is -2.37. The van der Waals surface area contributed by atoms with E-state index in [0.717, 1.165) is 19.3 Å². The summed E-state index contributed by atoms with van der Waals surface area (Å²) in [4.78, 5) is 11.3. The fraction of sp³-hybridized carbons (Fsp3) is 0.533. The van der Waals surface area contributed by atoms with Crippen molar-refractivity contribution in [1.29, 1.82) is 0 Å². The predicted molar refractivity (Wildman–Crippen MR) is 65.7 cm³/mol. The molecule has 20 heavy (non-hydrogen) atoms. The fourth-order valence-electron chi connectivity index (χ4n) is 3.76. The van der Waals surface area contributed by atoms with Crippen molar-refractivity contribution in [3.63, 3.8) is 0 Å². The number of carbonyl (C=O) groups excluding carboxylic acids is 1. The number of fused-ring (bicyclic) bond motifs is 2. The van der Waals surface area contributed by atoms with Crippen LogP contribution in [0.1, 0.15) is 31.2 Å². The molecule has 2 aliphatic rings. The van der Waals surface area contributed by atoms with Crippen LogP contribution in [0, 0.1) is 11.8 Å². The molecule has 2 fully saturated rings. The van der Waals surface area contributed by atoms with E-state index < -0.39 is 17.7 Å². The van der Waals surface area contributed by atoms with Gasteiger partial charge in [-0.15, -0.1) is 0 Å². The number of benzene rings is 1. The van der Waals surface area contributed by atoms with Gasteiger partial charge < -0.3 is 4.74 Å². The molecule has 3 rings (SSSR count). The van der Waals surface area contributed by atoms with Crippen LogP contribution in [0.4, 0.5) is 13.2 Å². The molecule has 2 bridgehead atoms. The molecule has 1 aromatic rings. The first-order valence-electron chi connectivity index (χ1n) is 6.77. The Hall–Kier alpha value is -1.52. The number of esters is 1. The Kier molecular flexibility index (Phi) is 3.03. The topological polar surface area (TPSA) is 26.3 Å². The van der Waals surface area contributed by atoms with Crippen LogP contribution < -0.4 is 0 Å². The minimum absolute atomic E-state index is 0.00111. The Morgan fingerprint density at radius 2 is 1.90 bits per heavy atom. The summed E-state index contributed by atoms with van der Waals surface area (Å²) in [6.45, 7) is 0. The molecule has 0 unspecified atom stereocenters. The van der Waals surface area contributed by atoms with Crippen molar-refractivity contribution in [1.82, 2.24) is 0 Å². The van der Waals surface area contributed by atoms with Gasteiger partial charge in [-0.05, 0) is 37.2 Å². The quantitative estimate of drug-likeness (QED) is 0.772. The van der Waals surface area contributed by atoms with E-state index in [1.165, 1.54) is 0 Å². The molecular formula is C15H15F3O2. The van der Waals surface area contributed by atoms with Crippen LogP contribution in [0.2, 0.25) is 0 Å². The lowest BCUT2D eigenvalue weighted by molar-refractivity contribution is -0.220. The van der Waals surface area contributed by atoms with E-state index in [4.69, 9.17) is 4.74 Å². The first-order valence-corrected chi connectivity index (χ1v) is 6.77. The van der Waals surface area contributed by atoms with Crippen LogP contribution in [-0.4, -0.2) is 12.1 Å². The molecule has 2 aliphatic carbocycles. The molecular weight excluding hydrogens is 269 g/mol. The number of rotatable bonds is 2. The van der Waals surface area contributed by atoms with E-state index >= 15 is 0 Å². The Bertz CT molecular complexity index is 512. The molecule has 0 radical (unpaired) electrons. The van der Waals surface area contributed by atoms with Gasteiger partial charge in [0.05, 0.1) is 0 Å². The zero-order valence-corrected chi connectivity index (χ0v) is 10.8. The van der Waals surface area contributed by atoms with Gasteiger partial charge in [-0.2, -0.15) is 13.2 Å². The zero-order valence-electron chi connectivity index (χ0n) is 10.8. The Morgan fingerprint density at radius 3 is 2.40 bits per heavy atom. The summed E-state index contributed by atoms with van der Waals surface area (Å²) in [5, 5.41) is 0. The summed E-state index contributed by atoms with van der Waals surface area (Å²) in [5.41, 5.74) is -0.402. The second-order valence-electron chi connectivity index (χ2n) is 5.72. The molecule has 0 heterocycles. The number of halogens is 3. The van der Waals surface area contributed by atoms with Crippen molar-refractivity contribution in [3.8, 4) is 0 Å². The zero-order chi connectivity index (χ0) is 14.4. The molecule has 0 spiro atoms. The van der Waals surface area contributed by atoms with Crippen LogP contribution in [-0.2, 0) is 15.1 Å². The summed E-state index contributed by atoms with van der Waals surface area (Å²) in [7, 11) is 0. The number of hydrogen-bond acceptors (Lipinski definition) is 2. The molecule has 0 amide bonds. The predicted octanol–water partition coefficient (Wildman–Crippen LogP) is 3.81. The Morgan fingerprint density at radius 1 is 1.20 bits per heavy atom. The van der Waals surface area contributed by atoms with E-state index in [-0.39, 0.29) is 5.92 Å². The second kappa shape index (κ2) is 4.50. The standard InChI is InChI=1S/C15H15F3O2/c16-15(17,18)13(19)20-14(11-4-2-1-3-5-11)9-10-6-7-12(14)8-10/h1-5,10,12H,6-9H2/t10-,12+,14+/m0/s1. The largest absolute Gasteiger partial charge is 0.490 e. The van der Waals surface area contributed by atoms with Crippen LogP contribution in [0.15, 0.2) is 30.3 Å². The second-order valence-corrected chi connectivity index (χ2v) is 5.72. The molecule has 108 valence electrons. The first-order chi connectivity index (χ1) is 9.42. The van der Waals surface area contributed by atoms with Crippen LogP contribution in [0.5, 0.6) is 0 Å². The van der Waals surface area contributed by atoms with E-state index in [0.29, 0.717) is 17.9 Å². The normalized spacial score (nSPS) is 32.4. The van der Waals surface area contributed by atoms with Crippen molar-refractivity contribution >= 4 is 5.97 Å². The Labute approximate surface area is 114 Å². The maximum absolute atomic E-state index is 12.6. The third-order valence-corrected chi connectivity index (χ3v) is 4.56. The highest BCUT2D eigenvalue weighted by atomic mass is 19.4. The third kappa shape index (κ3) is 2.09. The summed E-state index contributed by atoms with van der Waals surface area (Å²) in [6.07, 6.45) is -1.75. The van der Waals surface area contributed by atoms with Crippen LogP contribution >= 0.6 is 0 Å². The smallest absolute Gasteiger partial charge is 0.447 e. The van der Waals surface area contributed by atoms with Gasteiger partial charge in [-0.25, -0.2) is 4.79 Å². The minimum atomic E-state index is -4.94. The highest BCUT2D eigenvalue weighted by Gasteiger charge is 2.57. The number of alkyl halides is 3. The van der Waals surface area contributed by atoms with Gasteiger partial charge in [0.15, 0.2) is 0 Å². The average molecular weight is 284 g/mol. The maximum atomic E-state index is 12.6. The highest BCUT2D eigenvalue weighted by Crippen LogP contribution is 2.57. The van der Waals surface area contributed by atoms with Gasteiger partial charge in [0.25, 0.3) is 0 Å². The minimum Gasteiger partial charge on any atom is -0.447 e. The molecule has 5 heteroatoms. The fourth-order valence-corrected chi connectivity index (χ4v) is 3.76. The van der Waals surface area contributed by atoms with Gasteiger partial charge in [0, 0.05) is 5.92 Å². The van der Waals surface area contributed by atoms with Crippen LogP contribution in [0.25, 0.3) is 0 Å². The molecule has 0 aliphatic heterocycles. The number of hydrogen-bond donors (Lipinski definition) is 0. The van der Waals surface area contributed by atoms with E-state index in [1.807, 2.05) is 0 Å². The van der Waals surface area contributed by atoms with E-state index in [2.05, 4.69) is 0 Å². The van der Waals surface area contributed by atoms with Crippen LogP contribution in [0.3, 0.4) is 0 Å². The first kappa shape index (κ1) is 13.5. The lowest BCUT2D eigenvalue weighted by Crippen LogP contribution is -2.41.